The van der Waals surface area contributed by atoms with E-state index < -0.39 is 0 Å². The Morgan fingerprint density at radius 3 is 2.56 bits per heavy atom. The molecule has 2 aromatic rings. The Morgan fingerprint density at radius 2 is 1.94 bits per heavy atom. The lowest BCUT2D eigenvalue weighted by Gasteiger charge is -2.13. The van der Waals surface area contributed by atoms with Crippen LogP contribution in [0.3, 0.4) is 0 Å². The molecule has 0 amide bonds. The van der Waals surface area contributed by atoms with E-state index in [4.69, 9.17) is 0 Å². The van der Waals surface area contributed by atoms with E-state index in [0.29, 0.717) is 6.04 Å². The number of benzene rings is 1. The van der Waals surface area contributed by atoms with Gasteiger partial charge in [0.2, 0.25) is 0 Å². The van der Waals surface area contributed by atoms with Crippen molar-refractivity contribution in [3.8, 4) is 0 Å². The summed E-state index contributed by atoms with van der Waals surface area (Å²) in [5, 5.41) is 3.49. The van der Waals surface area contributed by atoms with E-state index in [1.165, 1.54) is 16.8 Å². The molecule has 1 atom stereocenters. The van der Waals surface area contributed by atoms with Gasteiger partial charge < -0.3 is 10.3 Å². The predicted octanol–water partition coefficient (Wildman–Crippen LogP) is 3.17. The maximum Gasteiger partial charge on any atom is 0.0362 e. The second kappa shape index (κ2) is 4.99. The molecule has 0 aliphatic carbocycles. The van der Waals surface area contributed by atoms with Crippen LogP contribution in [0.4, 0.5) is 0 Å². The van der Waals surface area contributed by atoms with Crippen LogP contribution < -0.4 is 5.32 Å². The SMILES string of the molecule is Cc1ccc([C@@H](C)NCc2ccc[nH]2)cc1. The number of nitrogens with one attached hydrogen (secondary N) is 2. The average molecular weight is 214 g/mol. The fraction of sp³-hybridized carbons (Fsp3) is 0.286. The lowest BCUT2D eigenvalue weighted by atomic mass is 10.1. The van der Waals surface area contributed by atoms with Crippen molar-refractivity contribution in [1.82, 2.24) is 10.3 Å². The summed E-state index contributed by atoms with van der Waals surface area (Å²) in [4.78, 5) is 3.19. The molecule has 0 unspecified atom stereocenters. The molecule has 0 radical (unpaired) electrons. The highest BCUT2D eigenvalue weighted by Gasteiger charge is 2.04. The van der Waals surface area contributed by atoms with Gasteiger partial charge in [0.25, 0.3) is 0 Å². The summed E-state index contributed by atoms with van der Waals surface area (Å²) in [6.07, 6.45) is 1.95. The van der Waals surface area contributed by atoms with Gasteiger partial charge in [0.1, 0.15) is 0 Å². The van der Waals surface area contributed by atoms with Gasteiger partial charge in [0, 0.05) is 24.5 Å². The minimum atomic E-state index is 0.379. The largest absolute Gasteiger partial charge is 0.364 e. The van der Waals surface area contributed by atoms with Crippen LogP contribution in [0.25, 0.3) is 0 Å². The lowest BCUT2D eigenvalue weighted by molar-refractivity contribution is 0.569. The summed E-state index contributed by atoms with van der Waals surface area (Å²) in [7, 11) is 0. The molecule has 0 saturated carbocycles. The molecular formula is C14H18N2. The van der Waals surface area contributed by atoms with Crippen LogP contribution in [-0.4, -0.2) is 4.98 Å². The molecule has 1 heterocycles. The highest BCUT2D eigenvalue weighted by atomic mass is 14.9. The molecule has 2 rings (SSSR count). The number of aromatic nitrogens is 1. The van der Waals surface area contributed by atoms with E-state index >= 15 is 0 Å². The molecule has 0 spiro atoms. The van der Waals surface area contributed by atoms with Crippen molar-refractivity contribution in [3.63, 3.8) is 0 Å². The lowest BCUT2D eigenvalue weighted by Crippen LogP contribution is -2.18. The highest BCUT2D eigenvalue weighted by Crippen LogP contribution is 2.13. The number of hydrogen-bond donors (Lipinski definition) is 2. The van der Waals surface area contributed by atoms with Gasteiger partial charge in [0.15, 0.2) is 0 Å². The van der Waals surface area contributed by atoms with Crippen molar-refractivity contribution < 1.29 is 0 Å². The molecule has 2 nitrogen and oxygen atoms in total. The van der Waals surface area contributed by atoms with Crippen molar-refractivity contribution in [1.29, 1.82) is 0 Å². The number of aromatic amines is 1. The topological polar surface area (TPSA) is 27.8 Å². The van der Waals surface area contributed by atoms with Gasteiger partial charge in [-0.3, -0.25) is 0 Å². The summed E-state index contributed by atoms with van der Waals surface area (Å²) >= 11 is 0. The Morgan fingerprint density at radius 1 is 1.19 bits per heavy atom. The van der Waals surface area contributed by atoms with Crippen molar-refractivity contribution in [2.45, 2.75) is 26.4 Å². The first-order valence-electron chi connectivity index (χ1n) is 5.68. The van der Waals surface area contributed by atoms with Gasteiger partial charge in [-0.25, -0.2) is 0 Å². The maximum absolute atomic E-state index is 3.49. The number of aryl methyl sites for hydroxylation is 1. The summed E-state index contributed by atoms with van der Waals surface area (Å²) in [5.41, 5.74) is 3.86. The van der Waals surface area contributed by atoms with Gasteiger partial charge >= 0.3 is 0 Å². The van der Waals surface area contributed by atoms with Gasteiger partial charge in [-0.15, -0.1) is 0 Å². The Balaban J connectivity index is 1.93. The third-order valence-corrected chi connectivity index (χ3v) is 2.84. The van der Waals surface area contributed by atoms with Crippen molar-refractivity contribution in [2.24, 2.45) is 0 Å². The summed E-state index contributed by atoms with van der Waals surface area (Å²) in [6, 6.07) is 13.2. The van der Waals surface area contributed by atoms with Gasteiger partial charge in [0.05, 0.1) is 0 Å². The van der Waals surface area contributed by atoms with E-state index in [9.17, 15) is 0 Å². The third-order valence-electron chi connectivity index (χ3n) is 2.84. The average Bonchev–Trinajstić information content (AvgIpc) is 2.80. The van der Waals surface area contributed by atoms with E-state index in [1.807, 2.05) is 12.3 Å². The fourth-order valence-corrected chi connectivity index (χ4v) is 1.71. The molecule has 0 saturated heterocycles. The molecule has 84 valence electrons. The van der Waals surface area contributed by atoms with Gasteiger partial charge in [-0.1, -0.05) is 29.8 Å². The summed E-state index contributed by atoms with van der Waals surface area (Å²) in [5.74, 6) is 0. The second-order valence-electron chi connectivity index (χ2n) is 4.21. The molecule has 0 aliphatic rings. The smallest absolute Gasteiger partial charge is 0.0362 e. The molecule has 0 bridgehead atoms. The Hall–Kier alpha value is -1.54. The van der Waals surface area contributed by atoms with E-state index in [0.717, 1.165) is 6.54 Å². The van der Waals surface area contributed by atoms with Crippen molar-refractivity contribution >= 4 is 0 Å². The number of H-pyrrole nitrogens is 1. The zero-order valence-corrected chi connectivity index (χ0v) is 9.83. The minimum absolute atomic E-state index is 0.379. The molecule has 0 fully saturated rings. The van der Waals surface area contributed by atoms with Crippen LogP contribution in [0.2, 0.25) is 0 Å². The number of rotatable bonds is 4. The third kappa shape index (κ3) is 2.74. The Labute approximate surface area is 96.7 Å². The molecule has 1 aromatic heterocycles. The standard InChI is InChI=1S/C14H18N2/c1-11-5-7-13(8-6-11)12(2)16-10-14-4-3-9-15-14/h3-9,12,15-16H,10H2,1-2H3/t12-/m1/s1. The first-order valence-corrected chi connectivity index (χ1v) is 5.68. The predicted molar refractivity (Wildman–Crippen MR) is 67.2 cm³/mol. The van der Waals surface area contributed by atoms with Crippen LogP contribution in [0.1, 0.15) is 29.8 Å². The quantitative estimate of drug-likeness (QED) is 0.803. The van der Waals surface area contributed by atoms with Crippen molar-refractivity contribution in [3.05, 3.63) is 59.4 Å². The molecule has 0 aliphatic heterocycles. The highest BCUT2D eigenvalue weighted by molar-refractivity contribution is 5.23. The molecular weight excluding hydrogens is 196 g/mol. The van der Waals surface area contributed by atoms with Crippen molar-refractivity contribution in [2.75, 3.05) is 0 Å². The minimum Gasteiger partial charge on any atom is -0.364 e. The number of hydrogen-bond acceptors (Lipinski definition) is 1. The Kier molecular flexibility index (Phi) is 3.42. The molecule has 2 N–H and O–H groups in total. The zero-order chi connectivity index (χ0) is 11.4. The molecule has 2 heteroatoms. The fourth-order valence-electron chi connectivity index (χ4n) is 1.71. The first kappa shape index (κ1) is 11.0. The van der Waals surface area contributed by atoms with Gasteiger partial charge in [-0.05, 0) is 31.5 Å². The maximum atomic E-state index is 3.49. The summed E-state index contributed by atoms with van der Waals surface area (Å²) in [6.45, 7) is 5.18. The first-order chi connectivity index (χ1) is 7.75. The van der Waals surface area contributed by atoms with Crippen LogP contribution in [-0.2, 0) is 6.54 Å². The van der Waals surface area contributed by atoms with Crippen LogP contribution in [0, 0.1) is 6.92 Å². The zero-order valence-electron chi connectivity index (χ0n) is 9.83. The molecule has 1 aromatic carbocycles. The Bertz CT molecular complexity index is 415. The van der Waals surface area contributed by atoms with Crippen LogP contribution >= 0.6 is 0 Å². The van der Waals surface area contributed by atoms with E-state index in [1.54, 1.807) is 0 Å². The van der Waals surface area contributed by atoms with Gasteiger partial charge in [-0.2, -0.15) is 0 Å². The van der Waals surface area contributed by atoms with Crippen LogP contribution in [0.5, 0.6) is 0 Å². The van der Waals surface area contributed by atoms with E-state index in [2.05, 4.69) is 54.5 Å². The van der Waals surface area contributed by atoms with E-state index in [-0.39, 0.29) is 0 Å². The summed E-state index contributed by atoms with van der Waals surface area (Å²) < 4.78 is 0. The normalized spacial score (nSPS) is 12.6. The second-order valence-corrected chi connectivity index (χ2v) is 4.21. The monoisotopic (exact) mass is 214 g/mol. The van der Waals surface area contributed by atoms with Crippen LogP contribution in [0.15, 0.2) is 42.6 Å². The molecule has 16 heavy (non-hydrogen) atoms.